The standard InChI is InChI=1S/C25H34N4O2.HI/c1-2-26-25(28-17-22-19-30-23-10-6-7-11-24(23)31-22)27-16-21-13-15-29(18-21)14-12-20-8-4-3-5-9-20;/h3-11,21-22H,2,12-19H2,1H3,(H2,26,27,28);1H. The van der Waals surface area contributed by atoms with E-state index in [-0.39, 0.29) is 30.1 Å². The summed E-state index contributed by atoms with van der Waals surface area (Å²) in [5.74, 6) is 3.10. The summed E-state index contributed by atoms with van der Waals surface area (Å²) < 4.78 is 11.8. The first kappa shape index (κ1) is 24.6. The molecular weight excluding hydrogens is 515 g/mol. The number of rotatable bonds is 8. The lowest BCUT2D eigenvalue weighted by molar-refractivity contribution is 0.0936. The van der Waals surface area contributed by atoms with E-state index in [9.17, 15) is 0 Å². The van der Waals surface area contributed by atoms with E-state index in [2.05, 4.69) is 52.8 Å². The predicted molar refractivity (Wildman–Crippen MR) is 140 cm³/mol. The fourth-order valence-corrected chi connectivity index (χ4v) is 4.13. The Balaban J connectivity index is 0.00000289. The van der Waals surface area contributed by atoms with Gasteiger partial charge in [0, 0.05) is 26.2 Å². The Morgan fingerprint density at radius 3 is 2.66 bits per heavy atom. The Kier molecular flexibility index (Phi) is 9.92. The maximum Gasteiger partial charge on any atom is 0.191 e. The van der Waals surface area contributed by atoms with Crippen molar-refractivity contribution in [1.29, 1.82) is 0 Å². The van der Waals surface area contributed by atoms with Crippen molar-refractivity contribution in [2.24, 2.45) is 10.9 Å². The van der Waals surface area contributed by atoms with Gasteiger partial charge < -0.3 is 25.0 Å². The maximum atomic E-state index is 6.04. The zero-order valence-corrected chi connectivity index (χ0v) is 21.2. The largest absolute Gasteiger partial charge is 0.486 e. The smallest absolute Gasteiger partial charge is 0.191 e. The maximum absolute atomic E-state index is 6.04. The van der Waals surface area contributed by atoms with Crippen molar-refractivity contribution in [3.63, 3.8) is 0 Å². The fraction of sp³-hybridized carbons (Fsp3) is 0.480. The number of hydrogen-bond acceptors (Lipinski definition) is 4. The van der Waals surface area contributed by atoms with E-state index in [4.69, 9.17) is 14.5 Å². The second-order valence-electron chi connectivity index (χ2n) is 8.29. The highest BCUT2D eigenvalue weighted by Gasteiger charge is 2.23. The lowest BCUT2D eigenvalue weighted by Gasteiger charge is -2.27. The van der Waals surface area contributed by atoms with E-state index < -0.39 is 0 Å². The first-order valence-electron chi connectivity index (χ1n) is 11.5. The Morgan fingerprint density at radius 2 is 1.84 bits per heavy atom. The highest BCUT2D eigenvalue weighted by Crippen LogP contribution is 2.30. The van der Waals surface area contributed by atoms with E-state index in [0.29, 0.717) is 19.1 Å². The molecule has 0 aliphatic carbocycles. The fourth-order valence-electron chi connectivity index (χ4n) is 4.13. The van der Waals surface area contributed by atoms with Gasteiger partial charge in [0.2, 0.25) is 0 Å². The Labute approximate surface area is 208 Å². The van der Waals surface area contributed by atoms with Gasteiger partial charge in [-0.3, -0.25) is 4.99 Å². The molecule has 2 atom stereocenters. The van der Waals surface area contributed by atoms with Crippen LogP contribution in [0.3, 0.4) is 0 Å². The van der Waals surface area contributed by atoms with Gasteiger partial charge in [0.15, 0.2) is 17.5 Å². The van der Waals surface area contributed by atoms with Crippen LogP contribution in [0.1, 0.15) is 18.9 Å². The van der Waals surface area contributed by atoms with Crippen molar-refractivity contribution >= 4 is 29.9 Å². The van der Waals surface area contributed by atoms with Crippen LogP contribution in [0.15, 0.2) is 59.6 Å². The molecule has 2 aromatic carbocycles. The zero-order chi connectivity index (χ0) is 21.3. The van der Waals surface area contributed by atoms with E-state index in [1.807, 2.05) is 24.3 Å². The number of hydrogen-bond donors (Lipinski definition) is 2. The average molecular weight is 550 g/mol. The van der Waals surface area contributed by atoms with Crippen LogP contribution in [0.4, 0.5) is 0 Å². The molecule has 0 saturated carbocycles. The molecule has 0 radical (unpaired) electrons. The van der Waals surface area contributed by atoms with Crippen LogP contribution in [0.25, 0.3) is 0 Å². The van der Waals surface area contributed by atoms with Gasteiger partial charge in [0.05, 0.1) is 6.54 Å². The van der Waals surface area contributed by atoms with Crippen LogP contribution in [0, 0.1) is 5.92 Å². The summed E-state index contributed by atoms with van der Waals surface area (Å²) in [4.78, 5) is 7.42. The van der Waals surface area contributed by atoms with Crippen molar-refractivity contribution in [1.82, 2.24) is 15.5 Å². The molecule has 2 aromatic rings. The van der Waals surface area contributed by atoms with Crippen molar-refractivity contribution < 1.29 is 9.47 Å². The number of aliphatic imine (C=N–C) groups is 1. The van der Waals surface area contributed by atoms with Gasteiger partial charge in [-0.05, 0) is 49.9 Å². The Hall–Kier alpha value is -2.00. The summed E-state index contributed by atoms with van der Waals surface area (Å²) in [6.45, 7) is 8.41. The molecule has 2 N–H and O–H groups in total. The number of ether oxygens (including phenoxy) is 2. The molecule has 2 unspecified atom stereocenters. The summed E-state index contributed by atoms with van der Waals surface area (Å²) >= 11 is 0. The molecule has 2 aliphatic heterocycles. The third kappa shape index (κ3) is 7.27. The molecular formula is C25H35IN4O2. The van der Waals surface area contributed by atoms with Gasteiger partial charge >= 0.3 is 0 Å². The van der Waals surface area contributed by atoms with Crippen LogP contribution in [0.5, 0.6) is 11.5 Å². The van der Waals surface area contributed by atoms with Crippen LogP contribution in [0.2, 0.25) is 0 Å². The molecule has 0 bridgehead atoms. The minimum atomic E-state index is -0.0290. The van der Waals surface area contributed by atoms with Gasteiger partial charge in [-0.25, -0.2) is 0 Å². The summed E-state index contributed by atoms with van der Waals surface area (Å²) in [7, 11) is 0. The van der Waals surface area contributed by atoms with Gasteiger partial charge in [0.25, 0.3) is 0 Å². The summed E-state index contributed by atoms with van der Waals surface area (Å²) in [5.41, 5.74) is 1.42. The van der Waals surface area contributed by atoms with Crippen LogP contribution in [-0.4, -0.2) is 62.8 Å². The molecule has 4 rings (SSSR count). The quantitative estimate of drug-likeness (QED) is 0.299. The van der Waals surface area contributed by atoms with E-state index in [1.165, 1.54) is 18.5 Å². The third-order valence-electron chi connectivity index (χ3n) is 5.85. The number of nitrogens with zero attached hydrogens (tertiary/aromatic N) is 2. The van der Waals surface area contributed by atoms with Crippen LogP contribution < -0.4 is 20.1 Å². The lowest BCUT2D eigenvalue weighted by Crippen LogP contribution is -2.45. The van der Waals surface area contributed by atoms with Crippen molar-refractivity contribution in [3.8, 4) is 11.5 Å². The van der Waals surface area contributed by atoms with Gasteiger partial charge in [-0.2, -0.15) is 0 Å². The van der Waals surface area contributed by atoms with Gasteiger partial charge in [-0.15, -0.1) is 24.0 Å². The highest BCUT2D eigenvalue weighted by atomic mass is 127. The molecule has 32 heavy (non-hydrogen) atoms. The van der Waals surface area contributed by atoms with Crippen molar-refractivity contribution in [3.05, 3.63) is 60.2 Å². The second kappa shape index (κ2) is 12.9. The molecule has 0 spiro atoms. The normalized spacial score (nSPS) is 20.5. The monoisotopic (exact) mass is 550 g/mol. The minimum absolute atomic E-state index is 0. The molecule has 1 fully saturated rings. The molecule has 174 valence electrons. The lowest BCUT2D eigenvalue weighted by atomic mass is 10.1. The summed E-state index contributed by atoms with van der Waals surface area (Å²) in [6, 6.07) is 18.6. The van der Waals surface area contributed by atoms with Gasteiger partial charge in [0.1, 0.15) is 12.7 Å². The molecule has 2 heterocycles. The number of halogens is 1. The number of guanidine groups is 1. The predicted octanol–water partition coefficient (Wildman–Crippen LogP) is 3.56. The van der Waals surface area contributed by atoms with Crippen LogP contribution in [-0.2, 0) is 6.42 Å². The summed E-state index contributed by atoms with van der Waals surface area (Å²) in [5, 5.41) is 6.78. The number of benzene rings is 2. The molecule has 0 aromatic heterocycles. The Bertz CT molecular complexity index is 849. The van der Waals surface area contributed by atoms with E-state index in [0.717, 1.165) is 50.1 Å². The number of fused-ring (bicyclic) bond motifs is 1. The molecule has 1 saturated heterocycles. The zero-order valence-electron chi connectivity index (χ0n) is 18.8. The van der Waals surface area contributed by atoms with Gasteiger partial charge in [-0.1, -0.05) is 42.5 Å². The summed E-state index contributed by atoms with van der Waals surface area (Å²) in [6.07, 6.45) is 2.31. The molecule has 6 nitrogen and oxygen atoms in total. The number of likely N-dealkylation sites (tertiary alicyclic amines) is 1. The molecule has 7 heteroatoms. The number of nitrogens with one attached hydrogen (secondary N) is 2. The van der Waals surface area contributed by atoms with Crippen LogP contribution >= 0.6 is 24.0 Å². The SMILES string of the molecule is CCNC(=NCC1CCN(CCc2ccccc2)C1)NCC1COc2ccccc2O1.I. The molecule has 2 aliphatic rings. The number of para-hydroxylation sites is 2. The van der Waals surface area contributed by atoms with E-state index >= 15 is 0 Å². The Morgan fingerprint density at radius 1 is 1.06 bits per heavy atom. The molecule has 0 amide bonds. The second-order valence-corrected chi connectivity index (χ2v) is 8.29. The minimum Gasteiger partial charge on any atom is -0.486 e. The first-order valence-corrected chi connectivity index (χ1v) is 11.5. The highest BCUT2D eigenvalue weighted by molar-refractivity contribution is 14.0. The topological polar surface area (TPSA) is 58.1 Å². The van der Waals surface area contributed by atoms with Crippen molar-refractivity contribution in [2.75, 3.05) is 45.9 Å². The third-order valence-corrected chi connectivity index (χ3v) is 5.85. The van der Waals surface area contributed by atoms with Crippen molar-refractivity contribution in [2.45, 2.75) is 25.9 Å². The average Bonchev–Trinajstić information content (AvgIpc) is 3.28. The van der Waals surface area contributed by atoms with E-state index in [1.54, 1.807) is 0 Å². The first-order chi connectivity index (χ1) is 15.3.